The predicted octanol–water partition coefficient (Wildman–Crippen LogP) is 2.14. The molecule has 1 aromatic carbocycles. The lowest BCUT2D eigenvalue weighted by Crippen LogP contribution is -2.40. The number of fused-ring (bicyclic) bond motifs is 2. The van der Waals surface area contributed by atoms with Crippen LogP contribution < -0.4 is 10.2 Å². The van der Waals surface area contributed by atoms with Gasteiger partial charge in [-0.15, -0.1) is 10.2 Å². The number of aromatic nitrogens is 3. The highest BCUT2D eigenvalue weighted by Crippen LogP contribution is 2.27. The first-order valence-corrected chi connectivity index (χ1v) is 8.84. The van der Waals surface area contributed by atoms with E-state index >= 15 is 0 Å². The molecule has 0 spiro atoms. The van der Waals surface area contributed by atoms with Crippen LogP contribution in [0.15, 0.2) is 29.3 Å². The van der Waals surface area contributed by atoms with Crippen molar-refractivity contribution in [2.24, 2.45) is 4.99 Å². The van der Waals surface area contributed by atoms with Crippen LogP contribution >= 0.6 is 0 Å². The maximum Gasteiger partial charge on any atom is 0.198 e. The average molecular weight is 324 g/mol. The summed E-state index contributed by atoms with van der Waals surface area (Å²) in [6.07, 6.45) is 5.82. The van der Waals surface area contributed by atoms with Gasteiger partial charge in [0, 0.05) is 32.2 Å². The van der Waals surface area contributed by atoms with Crippen molar-refractivity contribution in [1.82, 2.24) is 20.1 Å². The molecule has 6 nitrogen and oxygen atoms in total. The van der Waals surface area contributed by atoms with Gasteiger partial charge in [0.2, 0.25) is 0 Å². The molecule has 0 saturated heterocycles. The van der Waals surface area contributed by atoms with Gasteiger partial charge in [-0.1, -0.05) is 24.6 Å². The molecular formula is C18H24N6. The van der Waals surface area contributed by atoms with Crippen molar-refractivity contribution < 1.29 is 0 Å². The molecule has 1 aromatic heterocycles. The van der Waals surface area contributed by atoms with E-state index in [1.165, 1.54) is 30.5 Å². The van der Waals surface area contributed by atoms with E-state index in [9.17, 15) is 0 Å². The lowest BCUT2D eigenvalue weighted by molar-refractivity contribution is 0.598. The standard InChI is InChI=1S/C18H24N6/c1-19-18(23-12-10-14-7-4-5-8-15(14)23)20-13-17-22-21-16-9-3-2-6-11-24(16)17/h4-5,7-8H,2-3,6,9-13H2,1H3,(H,19,20). The Morgan fingerprint density at radius 2 is 2.04 bits per heavy atom. The molecule has 1 N–H and O–H groups in total. The molecule has 2 aromatic rings. The molecule has 0 bridgehead atoms. The van der Waals surface area contributed by atoms with Crippen molar-refractivity contribution >= 4 is 11.6 Å². The summed E-state index contributed by atoms with van der Waals surface area (Å²) in [5.41, 5.74) is 2.64. The van der Waals surface area contributed by atoms with Gasteiger partial charge in [0.25, 0.3) is 0 Å². The molecule has 0 atom stereocenters. The Morgan fingerprint density at radius 3 is 2.96 bits per heavy atom. The van der Waals surface area contributed by atoms with Crippen molar-refractivity contribution in [3.05, 3.63) is 41.5 Å². The van der Waals surface area contributed by atoms with Crippen LogP contribution in [0.3, 0.4) is 0 Å². The minimum atomic E-state index is 0.665. The first-order chi connectivity index (χ1) is 11.9. The van der Waals surface area contributed by atoms with Gasteiger partial charge in [-0.05, 0) is 30.9 Å². The summed E-state index contributed by atoms with van der Waals surface area (Å²) < 4.78 is 2.28. The van der Waals surface area contributed by atoms with Crippen LogP contribution in [-0.2, 0) is 25.9 Å². The minimum Gasteiger partial charge on any atom is -0.349 e. The van der Waals surface area contributed by atoms with E-state index < -0.39 is 0 Å². The molecule has 0 unspecified atom stereocenters. The molecule has 24 heavy (non-hydrogen) atoms. The maximum atomic E-state index is 4.47. The Balaban J connectivity index is 1.48. The fourth-order valence-electron chi connectivity index (χ4n) is 3.69. The van der Waals surface area contributed by atoms with E-state index in [-0.39, 0.29) is 0 Å². The van der Waals surface area contributed by atoms with Gasteiger partial charge >= 0.3 is 0 Å². The summed E-state index contributed by atoms with van der Waals surface area (Å²) in [5.74, 6) is 3.05. The second-order valence-electron chi connectivity index (χ2n) is 6.43. The third-order valence-corrected chi connectivity index (χ3v) is 4.95. The Labute approximate surface area is 142 Å². The minimum absolute atomic E-state index is 0.665. The number of aliphatic imine (C=N–C) groups is 1. The monoisotopic (exact) mass is 324 g/mol. The SMILES string of the molecule is CN=C(NCc1nnc2n1CCCCC2)N1CCc2ccccc21. The molecule has 6 heteroatoms. The quantitative estimate of drug-likeness (QED) is 0.679. The lowest BCUT2D eigenvalue weighted by Gasteiger charge is -2.22. The Bertz CT molecular complexity index is 748. The van der Waals surface area contributed by atoms with Crippen LogP contribution in [-0.4, -0.2) is 34.3 Å². The number of guanidine groups is 1. The Hall–Kier alpha value is -2.37. The van der Waals surface area contributed by atoms with Gasteiger partial charge in [0.15, 0.2) is 11.8 Å². The van der Waals surface area contributed by atoms with Crippen molar-refractivity contribution in [2.75, 3.05) is 18.5 Å². The summed E-state index contributed by atoms with van der Waals surface area (Å²) in [6.45, 7) is 2.67. The largest absolute Gasteiger partial charge is 0.349 e. The average Bonchev–Trinajstić information content (AvgIpc) is 3.13. The molecular weight excluding hydrogens is 300 g/mol. The van der Waals surface area contributed by atoms with Crippen LogP contribution in [0.1, 0.15) is 36.5 Å². The smallest absolute Gasteiger partial charge is 0.198 e. The predicted molar refractivity (Wildman–Crippen MR) is 95.3 cm³/mol. The van der Waals surface area contributed by atoms with E-state index in [2.05, 4.69) is 54.2 Å². The number of benzene rings is 1. The zero-order chi connectivity index (χ0) is 16.4. The van der Waals surface area contributed by atoms with Crippen LogP contribution in [0.2, 0.25) is 0 Å². The number of aryl methyl sites for hydroxylation is 1. The Morgan fingerprint density at radius 1 is 1.12 bits per heavy atom. The first kappa shape index (κ1) is 15.2. The summed E-state index contributed by atoms with van der Waals surface area (Å²) in [5, 5.41) is 12.2. The Kier molecular flexibility index (Phi) is 4.19. The van der Waals surface area contributed by atoms with Crippen molar-refractivity contribution in [3.63, 3.8) is 0 Å². The fourth-order valence-corrected chi connectivity index (χ4v) is 3.69. The van der Waals surface area contributed by atoms with Crippen LogP contribution in [0.5, 0.6) is 0 Å². The second kappa shape index (κ2) is 6.63. The number of nitrogens with zero attached hydrogens (tertiary/aromatic N) is 5. The highest BCUT2D eigenvalue weighted by atomic mass is 15.3. The third-order valence-electron chi connectivity index (χ3n) is 4.95. The third kappa shape index (κ3) is 2.77. The highest BCUT2D eigenvalue weighted by Gasteiger charge is 2.23. The van der Waals surface area contributed by atoms with Crippen LogP contribution in [0.4, 0.5) is 5.69 Å². The van der Waals surface area contributed by atoms with Crippen molar-refractivity contribution in [3.8, 4) is 0 Å². The van der Waals surface area contributed by atoms with E-state index in [4.69, 9.17) is 0 Å². The number of anilines is 1. The fraction of sp³-hybridized carbons (Fsp3) is 0.500. The van der Waals surface area contributed by atoms with E-state index in [1.54, 1.807) is 0 Å². The summed E-state index contributed by atoms with van der Waals surface area (Å²) in [4.78, 5) is 6.73. The van der Waals surface area contributed by atoms with E-state index in [0.29, 0.717) is 6.54 Å². The molecule has 0 radical (unpaired) electrons. The number of para-hydroxylation sites is 1. The second-order valence-corrected chi connectivity index (χ2v) is 6.43. The van der Waals surface area contributed by atoms with Crippen LogP contribution in [0.25, 0.3) is 0 Å². The van der Waals surface area contributed by atoms with E-state index in [0.717, 1.165) is 43.5 Å². The number of nitrogens with one attached hydrogen (secondary N) is 1. The summed E-state index contributed by atoms with van der Waals surface area (Å²) in [7, 11) is 1.84. The number of rotatable bonds is 2. The molecule has 3 heterocycles. The molecule has 2 aliphatic rings. The van der Waals surface area contributed by atoms with Gasteiger partial charge in [-0.2, -0.15) is 0 Å². The topological polar surface area (TPSA) is 58.3 Å². The van der Waals surface area contributed by atoms with Gasteiger partial charge in [0.1, 0.15) is 5.82 Å². The lowest BCUT2D eigenvalue weighted by atomic mass is 10.2. The zero-order valence-electron chi connectivity index (χ0n) is 14.2. The summed E-state index contributed by atoms with van der Waals surface area (Å²) in [6, 6.07) is 8.55. The molecule has 0 fully saturated rings. The van der Waals surface area contributed by atoms with Gasteiger partial charge < -0.3 is 14.8 Å². The number of hydrogen-bond donors (Lipinski definition) is 1. The molecule has 4 rings (SSSR count). The van der Waals surface area contributed by atoms with Crippen LogP contribution in [0, 0.1) is 0 Å². The molecule has 2 aliphatic heterocycles. The zero-order valence-corrected chi connectivity index (χ0v) is 14.2. The van der Waals surface area contributed by atoms with Gasteiger partial charge in [-0.3, -0.25) is 4.99 Å². The molecule has 0 saturated carbocycles. The highest BCUT2D eigenvalue weighted by molar-refractivity contribution is 5.97. The molecule has 0 aliphatic carbocycles. The van der Waals surface area contributed by atoms with Gasteiger partial charge in [0.05, 0.1) is 6.54 Å². The molecule has 0 amide bonds. The van der Waals surface area contributed by atoms with Crippen molar-refractivity contribution in [2.45, 2.75) is 45.2 Å². The van der Waals surface area contributed by atoms with Crippen molar-refractivity contribution in [1.29, 1.82) is 0 Å². The number of hydrogen-bond acceptors (Lipinski definition) is 3. The summed E-state index contributed by atoms with van der Waals surface area (Å²) >= 11 is 0. The first-order valence-electron chi connectivity index (χ1n) is 8.84. The maximum absolute atomic E-state index is 4.47. The van der Waals surface area contributed by atoms with E-state index in [1.807, 2.05) is 7.05 Å². The van der Waals surface area contributed by atoms with Gasteiger partial charge in [-0.25, -0.2) is 0 Å². The molecule has 126 valence electrons. The normalized spacial score (nSPS) is 17.4.